The second kappa shape index (κ2) is 18.6. The molecule has 0 amide bonds. The first-order valence-corrected chi connectivity index (χ1v) is 11.2. The summed E-state index contributed by atoms with van der Waals surface area (Å²) in [6, 6.07) is 0. The van der Waals surface area contributed by atoms with Crippen molar-refractivity contribution in [3.63, 3.8) is 0 Å². The molecule has 0 heterocycles. The Balaban J connectivity index is 0. The van der Waals surface area contributed by atoms with E-state index in [1.165, 1.54) is 4.90 Å². The number of aliphatic carboxylic acids is 5. The van der Waals surface area contributed by atoms with E-state index < -0.39 is 70.4 Å². The fraction of sp³-hybridized carbons (Fsp3) is 0.688. The van der Waals surface area contributed by atoms with Crippen LogP contribution in [0.4, 0.5) is 0 Å². The molecule has 0 aliphatic heterocycles. The molecule has 0 spiro atoms. The number of nitrogens with zero attached hydrogens (tertiary/aromatic N) is 3. The van der Waals surface area contributed by atoms with E-state index in [0.717, 1.165) is 9.80 Å². The Labute approximate surface area is 199 Å². The minimum atomic E-state index is -4.26. The summed E-state index contributed by atoms with van der Waals surface area (Å²) in [7, 11) is -4.26. The summed E-state index contributed by atoms with van der Waals surface area (Å²) in [5.74, 6) is -6.16. The monoisotopic (exact) mass is 534 g/mol. The third-order valence-corrected chi connectivity index (χ3v) is 4.16. The number of carboxylic acid groups (broad SMARTS) is 5. The average Bonchev–Trinajstić information content (AvgIpc) is 2.66. The van der Waals surface area contributed by atoms with Crippen LogP contribution in [0.2, 0.25) is 0 Å². The number of hydrogen-bond acceptors (Lipinski definition) is 11. The Kier molecular flexibility index (Phi) is 18.3. The molecule has 0 unspecified atom stereocenters. The van der Waals surface area contributed by atoms with Crippen molar-refractivity contribution < 1.29 is 68.4 Å². The summed E-state index contributed by atoms with van der Waals surface area (Å²) in [5, 5.41) is 44.1. The molecule has 0 fully saturated rings. The molecular formula is C16H31N4O14P. The average molecular weight is 534 g/mol. The highest BCUT2D eigenvalue weighted by Crippen LogP contribution is 2.34. The molecule has 204 valence electrons. The van der Waals surface area contributed by atoms with Crippen molar-refractivity contribution in [2.45, 2.75) is 0 Å². The van der Waals surface area contributed by atoms with E-state index in [1.54, 1.807) is 0 Å². The third-order valence-electron chi connectivity index (χ3n) is 3.64. The Bertz CT molecular complexity index is 674. The topological polar surface area (TPSA) is 289 Å². The lowest BCUT2D eigenvalue weighted by Crippen LogP contribution is -2.45. The van der Waals surface area contributed by atoms with Crippen molar-refractivity contribution in [3.05, 3.63) is 0 Å². The van der Waals surface area contributed by atoms with Gasteiger partial charge < -0.3 is 41.1 Å². The quantitative estimate of drug-likeness (QED) is 0.0741. The highest BCUT2D eigenvalue weighted by Gasteiger charge is 2.19. The van der Waals surface area contributed by atoms with Crippen LogP contribution in [0.5, 0.6) is 0 Å². The van der Waals surface area contributed by atoms with Gasteiger partial charge >= 0.3 is 37.7 Å². The molecular weight excluding hydrogens is 503 g/mol. The van der Waals surface area contributed by atoms with Gasteiger partial charge in [0, 0.05) is 32.7 Å². The lowest BCUT2D eigenvalue weighted by atomic mass is 10.3. The molecule has 0 aromatic rings. The van der Waals surface area contributed by atoms with Crippen LogP contribution in [0.3, 0.4) is 0 Å². The summed E-state index contributed by atoms with van der Waals surface area (Å²) in [4.78, 5) is 73.6. The van der Waals surface area contributed by atoms with Gasteiger partial charge in [-0.3, -0.25) is 43.2 Å². The number of carbonyl (C=O) groups is 5. The van der Waals surface area contributed by atoms with Crippen molar-refractivity contribution in [2.75, 3.05) is 72.1 Å². The van der Waals surface area contributed by atoms with Crippen LogP contribution >= 0.6 is 7.82 Å². The van der Waals surface area contributed by atoms with Gasteiger partial charge in [-0.2, -0.15) is 0 Å². The fourth-order valence-corrected chi connectivity index (χ4v) is 2.73. The molecule has 0 saturated heterocycles. The summed E-state index contributed by atoms with van der Waals surface area (Å²) in [6.45, 7) is -2.73. The fourth-order valence-electron chi connectivity index (χ4n) is 2.39. The number of carboxylic acids is 5. The van der Waals surface area contributed by atoms with Crippen molar-refractivity contribution in [1.29, 1.82) is 0 Å². The molecule has 35 heavy (non-hydrogen) atoms. The first kappa shape index (κ1) is 34.5. The molecule has 19 heteroatoms. The molecule has 0 saturated carbocycles. The highest BCUT2D eigenvalue weighted by molar-refractivity contribution is 7.46. The molecule has 0 aromatic heterocycles. The van der Waals surface area contributed by atoms with Gasteiger partial charge in [0.1, 0.15) is 0 Å². The van der Waals surface area contributed by atoms with Crippen LogP contribution in [0.25, 0.3) is 0 Å². The number of hydrogen-bond donors (Lipinski definition) is 8. The van der Waals surface area contributed by atoms with E-state index in [-0.39, 0.29) is 39.3 Å². The van der Waals surface area contributed by atoms with Gasteiger partial charge in [0.2, 0.25) is 0 Å². The third kappa shape index (κ3) is 25.8. The lowest BCUT2D eigenvalue weighted by Gasteiger charge is -2.27. The van der Waals surface area contributed by atoms with Crippen molar-refractivity contribution in [3.8, 4) is 0 Å². The predicted molar refractivity (Wildman–Crippen MR) is 115 cm³/mol. The molecule has 0 bridgehead atoms. The molecule has 0 atom stereocenters. The zero-order chi connectivity index (χ0) is 27.6. The van der Waals surface area contributed by atoms with Gasteiger partial charge in [-0.1, -0.05) is 0 Å². The van der Waals surface area contributed by atoms with E-state index in [9.17, 15) is 28.5 Å². The van der Waals surface area contributed by atoms with Crippen LogP contribution in [0, 0.1) is 0 Å². The van der Waals surface area contributed by atoms with Gasteiger partial charge in [-0.15, -0.1) is 0 Å². The molecule has 0 rings (SSSR count). The van der Waals surface area contributed by atoms with E-state index in [4.69, 9.17) is 41.1 Å². The number of phosphoric acid groups is 1. The number of phosphoric ester groups is 1. The first-order chi connectivity index (χ1) is 16.0. The molecule has 9 N–H and O–H groups in total. The number of rotatable bonds is 19. The Morgan fingerprint density at radius 2 is 0.857 bits per heavy atom. The number of nitrogens with two attached hydrogens (primary N) is 1. The van der Waals surface area contributed by atoms with Crippen LogP contribution in [-0.4, -0.2) is 152 Å². The molecule has 0 aliphatic carbocycles. The summed E-state index contributed by atoms with van der Waals surface area (Å²) in [6.07, 6.45) is 0. The minimum absolute atomic E-state index is 0.000836. The van der Waals surface area contributed by atoms with Gasteiger partial charge in [-0.05, 0) is 0 Å². The van der Waals surface area contributed by atoms with E-state index in [1.807, 2.05) is 0 Å². The summed E-state index contributed by atoms with van der Waals surface area (Å²) < 4.78 is 13.7. The molecule has 0 radical (unpaired) electrons. The van der Waals surface area contributed by atoms with Crippen LogP contribution in [-0.2, 0) is 33.1 Å². The smallest absolute Gasteiger partial charge is 0.469 e. The van der Waals surface area contributed by atoms with E-state index in [2.05, 4.69) is 4.52 Å². The minimum Gasteiger partial charge on any atom is -0.480 e. The largest absolute Gasteiger partial charge is 0.480 e. The van der Waals surface area contributed by atoms with Crippen LogP contribution in [0.15, 0.2) is 0 Å². The Morgan fingerprint density at radius 1 is 0.600 bits per heavy atom. The first-order valence-electron chi connectivity index (χ1n) is 9.71. The maximum atomic E-state index is 11.0. The van der Waals surface area contributed by atoms with Crippen LogP contribution < -0.4 is 5.73 Å². The zero-order valence-corrected chi connectivity index (χ0v) is 19.5. The summed E-state index contributed by atoms with van der Waals surface area (Å²) in [5.41, 5.74) is 4.87. The van der Waals surface area contributed by atoms with Crippen molar-refractivity contribution >= 4 is 37.7 Å². The molecule has 0 aromatic carbocycles. The predicted octanol–water partition coefficient (Wildman–Crippen LogP) is -3.63. The second-order valence-electron chi connectivity index (χ2n) is 6.78. The van der Waals surface area contributed by atoms with E-state index >= 15 is 0 Å². The standard InChI is InChI=1S/C14H23N3O10.C2H8NO4P/c18-10(19)5-15(1-3-16(6-11(20)21)7-12(22)23)2-4-17(8-13(24)25)9-14(26)27;3-1-2-7-8(4,5)6/h1-9H2,(H,18,19)(H,20,21)(H,22,23)(H,24,25)(H,26,27);1-3H2,(H2,4,5,6). The van der Waals surface area contributed by atoms with Gasteiger partial charge in [0.15, 0.2) is 0 Å². The second-order valence-corrected chi connectivity index (χ2v) is 8.02. The SMILES string of the molecule is NCCOP(=O)(O)O.O=C(O)CN(CCN(CC(=O)O)CC(=O)O)CCN(CC(=O)O)CC(=O)O. The molecule has 18 nitrogen and oxygen atoms in total. The lowest BCUT2D eigenvalue weighted by molar-refractivity contribution is -0.143. The van der Waals surface area contributed by atoms with Gasteiger partial charge in [0.05, 0.1) is 39.3 Å². The Morgan fingerprint density at radius 3 is 1.06 bits per heavy atom. The van der Waals surface area contributed by atoms with Gasteiger partial charge in [0.25, 0.3) is 0 Å². The maximum Gasteiger partial charge on any atom is 0.469 e. The van der Waals surface area contributed by atoms with E-state index in [0.29, 0.717) is 0 Å². The molecule has 0 aliphatic rings. The normalized spacial score (nSPS) is 11.3. The van der Waals surface area contributed by atoms with Crippen LogP contribution in [0.1, 0.15) is 0 Å². The van der Waals surface area contributed by atoms with Crippen molar-refractivity contribution in [1.82, 2.24) is 14.7 Å². The maximum absolute atomic E-state index is 11.0. The summed E-state index contributed by atoms with van der Waals surface area (Å²) >= 11 is 0. The highest BCUT2D eigenvalue weighted by atomic mass is 31.2. The van der Waals surface area contributed by atoms with Crippen molar-refractivity contribution in [2.24, 2.45) is 5.73 Å². The Hall–Kier alpha value is -2.70. The van der Waals surface area contributed by atoms with Gasteiger partial charge in [-0.25, -0.2) is 4.57 Å². The zero-order valence-electron chi connectivity index (χ0n) is 18.6.